The first-order valence-corrected chi connectivity index (χ1v) is 7.96. The second-order valence-electron chi connectivity index (χ2n) is 6.43. The fraction of sp³-hybridized carbons (Fsp3) is 0.556. The van der Waals surface area contributed by atoms with Gasteiger partial charge in [-0.05, 0) is 79.9 Å². The molecule has 0 saturated heterocycles. The van der Waals surface area contributed by atoms with Gasteiger partial charge >= 0.3 is 0 Å². The molecule has 0 amide bonds. The summed E-state index contributed by atoms with van der Waals surface area (Å²) in [5.41, 5.74) is 5.47. The molecule has 108 valence electrons. The molecule has 3 rings (SSSR count). The summed E-state index contributed by atoms with van der Waals surface area (Å²) in [4.78, 5) is 0. The topological polar surface area (TPSA) is 25.2 Å². The molecule has 0 spiro atoms. The van der Waals surface area contributed by atoms with Crippen molar-refractivity contribution in [1.29, 1.82) is 0 Å². The second kappa shape index (κ2) is 6.01. The summed E-state index contributed by atoms with van der Waals surface area (Å²) in [7, 11) is 0. The minimum atomic E-state index is 0.711. The Labute approximate surface area is 121 Å². The third-order valence-electron chi connectivity index (χ3n) is 4.24. The van der Waals surface area contributed by atoms with Crippen LogP contribution in [0.25, 0.3) is 11.0 Å². The van der Waals surface area contributed by atoms with Gasteiger partial charge in [0.15, 0.2) is 0 Å². The van der Waals surface area contributed by atoms with Gasteiger partial charge in [-0.25, -0.2) is 0 Å². The molecule has 20 heavy (non-hydrogen) atoms. The van der Waals surface area contributed by atoms with Crippen LogP contribution in [0.1, 0.15) is 43.4 Å². The van der Waals surface area contributed by atoms with Crippen molar-refractivity contribution in [2.45, 2.75) is 46.0 Å². The summed E-state index contributed by atoms with van der Waals surface area (Å²) in [6.07, 6.45) is 8.12. The van der Waals surface area contributed by atoms with Crippen molar-refractivity contribution in [3.63, 3.8) is 0 Å². The van der Waals surface area contributed by atoms with Crippen molar-refractivity contribution in [3.05, 3.63) is 35.1 Å². The summed E-state index contributed by atoms with van der Waals surface area (Å²) in [5.74, 6) is 0.711. The van der Waals surface area contributed by atoms with Crippen LogP contribution in [-0.2, 0) is 19.3 Å². The molecule has 0 saturated carbocycles. The fourth-order valence-electron chi connectivity index (χ4n) is 3.12. The molecule has 1 aliphatic rings. The van der Waals surface area contributed by atoms with E-state index in [-0.39, 0.29) is 0 Å². The van der Waals surface area contributed by atoms with Gasteiger partial charge in [0.2, 0.25) is 0 Å². The van der Waals surface area contributed by atoms with E-state index in [1.54, 1.807) is 5.56 Å². The van der Waals surface area contributed by atoms with E-state index in [0.29, 0.717) is 5.92 Å². The van der Waals surface area contributed by atoms with Gasteiger partial charge in [0.05, 0.1) is 6.26 Å². The first kappa shape index (κ1) is 13.7. The molecular weight excluding hydrogens is 246 g/mol. The van der Waals surface area contributed by atoms with Gasteiger partial charge in [-0.1, -0.05) is 13.8 Å². The maximum atomic E-state index is 5.77. The van der Waals surface area contributed by atoms with Crippen molar-refractivity contribution in [3.8, 4) is 0 Å². The van der Waals surface area contributed by atoms with Crippen LogP contribution in [-0.4, -0.2) is 13.1 Å². The SMILES string of the molecule is CC(C)CNCCc1coc2cc3c(cc12)CCCC3. The van der Waals surface area contributed by atoms with Crippen LogP contribution in [0.15, 0.2) is 22.8 Å². The Morgan fingerprint density at radius 1 is 1.15 bits per heavy atom. The monoisotopic (exact) mass is 271 g/mol. The van der Waals surface area contributed by atoms with Crippen molar-refractivity contribution >= 4 is 11.0 Å². The molecule has 2 aromatic rings. The summed E-state index contributed by atoms with van der Waals surface area (Å²) in [6, 6.07) is 4.65. The summed E-state index contributed by atoms with van der Waals surface area (Å²) < 4.78 is 5.77. The number of fused-ring (bicyclic) bond motifs is 2. The van der Waals surface area contributed by atoms with Crippen LogP contribution < -0.4 is 5.32 Å². The van der Waals surface area contributed by atoms with Gasteiger partial charge in [-0.15, -0.1) is 0 Å². The lowest BCUT2D eigenvalue weighted by atomic mass is 9.90. The Bertz CT molecular complexity index is 582. The number of rotatable bonds is 5. The zero-order chi connectivity index (χ0) is 13.9. The molecular formula is C18H25NO. The highest BCUT2D eigenvalue weighted by molar-refractivity contribution is 5.83. The molecule has 0 fully saturated rings. The summed E-state index contributed by atoms with van der Waals surface area (Å²) in [5, 5.41) is 4.84. The van der Waals surface area contributed by atoms with E-state index in [0.717, 1.165) is 25.1 Å². The number of benzene rings is 1. The van der Waals surface area contributed by atoms with E-state index < -0.39 is 0 Å². The zero-order valence-corrected chi connectivity index (χ0v) is 12.7. The largest absolute Gasteiger partial charge is 0.464 e. The molecule has 0 bridgehead atoms. The first-order chi connectivity index (χ1) is 9.74. The standard InChI is InChI=1S/C18H25NO/c1-13(2)11-19-8-7-16-12-20-18-10-15-6-4-3-5-14(15)9-17(16)18/h9-10,12-13,19H,3-8,11H2,1-2H3. The van der Waals surface area contributed by atoms with E-state index in [2.05, 4.69) is 31.3 Å². The number of hydrogen-bond donors (Lipinski definition) is 1. The third-order valence-corrected chi connectivity index (χ3v) is 4.24. The lowest BCUT2D eigenvalue weighted by Gasteiger charge is -2.15. The number of hydrogen-bond acceptors (Lipinski definition) is 2. The molecule has 1 N–H and O–H groups in total. The van der Waals surface area contributed by atoms with Crippen LogP contribution in [0.3, 0.4) is 0 Å². The van der Waals surface area contributed by atoms with Crippen LogP contribution in [0.2, 0.25) is 0 Å². The number of aryl methyl sites for hydroxylation is 2. The molecule has 1 aromatic carbocycles. The van der Waals surface area contributed by atoms with E-state index in [1.807, 2.05) is 6.26 Å². The maximum absolute atomic E-state index is 5.77. The van der Waals surface area contributed by atoms with Crippen molar-refractivity contribution in [1.82, 2.24) is 5.32 Å². The maximum Gasteiger partial charge on any atom is 0.134 e. The Balaban J connectivity index is 1.75. The zero-order valence-electron chi connectivity index (χ0n) is 12.7. The van der Waals surface area contributed by atoms with Gasteiger partial charge in [0.25, 0.3) is 0 Å². The van der Waals surface area contributed by atoms with E-state index in [1.165, 1.54) is 42.2 Å². The van der Waals surface area contributed by atoms with Gasteiger partial charge < -0.3 is 9.73 Å². The van der Waals surface area contributed by atoms with Gasteiger partial charge in [0.1, 0.15) is 5.58 Å². The predicted octanol–water partition coefficient (Wildman–Crippen LogP) is 4.10. The van der Waals surface area contributed by atoms with Crippen molar-refractivity contribution in [2.24, 2.45) is 5.92 Å². The third kappa shape index (κ3) is 2.90. The molecule has 1 heterocycles. The molecule has 2 heteroatoms. The van der Waals surface area contributed by atoms with Gasteiger partial charge in [-0.2, -0.15) is 0 Å². The van der Waals surface area contributed by atoms with E-state index in [9.17, 15) is 0 Å². The lowest BCUT2D eigenvalue weighted by molar-refractivity contribution is 0.552. The Morgan fingerprint density at radius 2 is 1.90 bits per heavy atom. The molecule has 0 unspecified atom stereocenters. The molecule has 0 aliphatic heterocycles. The predicted molar refractivity (Wildman–Crippen MR) is 84.3 cm³/mol. The average Bonchev–Trinajstić information content (AvgIpc) is 2.83. The van der Waals surface area contributed by atoms with E-state index >= 15 is 0 Å². The summed E-state index contributed by atoms with van der Waals surface area (Å²) >= 11 is 0. The van der Waals surface area contributed by atoms with Crippen molar-refractivity contribution < 1.29 is 4.42 Å². The quantitative estimate of drug-likeness (QED) is 0.828. The van der Waals surface area contributed by atoms with Crippen molar-refractivity contribution in [2.75, 3.05) is 13.1 Å². The molecule has 1 aromatic heterocycles. The van der Waals surface area contributed by atoms with Crippen LogP contribution >= 0.6 is 0 Å². The summed E-state index contributed by atoms with van der Waals surface area (Å²) in [6.45, 7) is 6.61. The second-order valence-corrected chi connectivity index (χ2v) is 6.43. The number of nitrogens with one attached hydrogen (secondary N) is 1. The first-order valence-electron chi connectivity index (χ1n) is 7.96. The number of furan rings is 1. The highest BCUT2D eigenvalue weighted by Crippen LogP contribution is 2.29. The Kier molecular flexibility index (Phi) is 4.11. The van der Waals surface area contributed by atoms with Gasteiger partial charge in [-0.3, -0.25) is 0 Å². The van der Waals surface area contributed by atoms with E-state index in [4.69, 9.17) is 4.42 Å². The normalized spacial score (nSPS) is 14.9. The van der Waals surface area contributed by atoms with Crippen LogP contribution in [0, 0.1) is 5.92 Å². The average molecular weight is 271 g/mol. The highest BCUT2D eigenvalue weighted by atomic mass is 16.3. The Hall–Kier alpha value is -1.28. The van der Waals surface area contributed by atoms with Crippen LogP contribution in [0.4, 0.5) is 0 Å². The molecule has 0 atom stereocenters. The molecule has 2 nitrogen and oxygen atoms in total. The minimum Gasteiger partial charge on any atom is -0.464 e. The fourth-order valence-corrected chi connectivity index (χ4v) is 3.12. The minimum absolute atomic E-state index is 0.711. The Morgan fingerprint density at radius 3 is 2.65 bits per heavy atom. The van der Waals surface area contributed by atoms with Crippen LogP contribution in [0.5, 0.6) is 0 Å². The highest BCUT2D eigenvalue weighted by Gasteiger charge is 2.13. The lowest BCUT2D eigenvalue weighted by Crippen LogP contribution is -2.22. The molecule has 0 radical (unpaired) electrons. The smallest absolute Gasteiger partial charge is 0.134 e. The van der Waals surface area contributed by atoms with Gasteiger partial charge in [0, 0.05) is 5.39 Å². The molecule has 1 aliphatic carbocycles.